The van der Waals surface area contributed by atoms with Gasteiger partial charge in [0.15, 0.2) is 0 Å². The highest BCUT2D eigenvalue weighted by molar-refractivity contribution is 6.39. The molecule has 0 aliphatic rings. The molecule has 30 heavy (non-hydrogen) atoms. The minimum atomic E-state index is -0.557. The molecule has 0 unspecified atom stereocenters. The fraction of sp³-hybridized carbons (Fsp3) is 0.304. The number of aromatic nitrogens is 1. The number of amides is 2. The van der Waals surface area contributed by atoms with Crippen LogP contribution in [-0.2, 0) is 18.3 Å². The van der Waals surface area contributed by atoms with Crippen LogP contribution < -0.4 is 5.32 Å². The van der Waals surface area contributed by atoms with E-state index >= 15 is 0 Å². The highest BCUT2D eigenvalue weighted by Gasteiger charge is 2.21. The van der Waals surface area contributed by atoms with Crippen LogP contribution in [0.2, 0.25) is 5.02 Å². The molecule has 1 heterocycles. The lowest BCUT2D eigenvalue weighted by Gasteiger charge is -2.24. The van der Waals surface area contributed by atoms with Gasteiger partial charge in [0.1, 0.15) is 11.3 Å². The number of halogens is 1. The Hall–Kier alpha value is -2.99. The number of benzene rings is 2. The lowest BCUT2D eigenvalue weighted by molar-refractivity contribution is 0.0285. The molecule has 158 valence electrons. The number of nitrogens with one attached hydrogen (secondary N) is 1. The Morgan fingerprint density at radius 3 is 2.50 bits per heavy atom. The largest absolute Gasteiger partial charge is 0.444 e. The first-order valence-electron chi connectivity index (χ1n) is 9.64. The maximum atomic E-state index is 12.9. The zero-order valence-electron chi connectivity index (χ0n) is 17.8. The highest BCUT2D eigenvalue weighted by Crippen LogP contribution is 2.30. The number of rotatable bonds is 4. The third-order valence-corrected chi connectivity index (χ3v) is 4.95. The predicted octanol–water partition coefficient (Wildman–Crippen LogP) is 5.45. The first-order chi connectivity index (χ1) is 14.1. The van der Waals surface area contributed by atoms with Crippen LogP contribution in [0.15, 0.2) is 48.5 Å². The Kier molecular flexibility index (Phi) is 6.08. The second-order valence-corrected chi connectivity index (χ2v) is 8.61. The molecule has 7 heteroatoms. The van der Waals surface area contributed by atoms with Gasteiger partial charge in [-0.2, -0.15) is 0 Å². The number of carbonyl (C=O) groups excluding carboxylic acids is 2. The maximum Gasteiger partial charge on any atom is 0.410 e. The molecule has 0 saturated carbocycles. The number of hydrogen-bond acceptors (Lipinski definition) is 3. The average Bonchev–Trinajstić information content (AvgIpc) is 2.91. The van der Waals surface area contributed by atoms with Crippen LogP contribution >= 0.6 is 11.6 Å². The van der Waals surface area contributed by atoms with Crippen molar-refractivity contribution in [2.45, 2.75) is 32.9 Å². The summed E-state index contributed by atoms with van der Waals surface area (Å²) in [6, 6.07) is 15.0. The normalized spacial score (nSPS) is 11.4. The molecule has 3 aromatic rings. The van der Waals surface area contributed by atoms with Crippen molar-refractivity contribution in [2.75, 3.05) is 12.4 Å². The average molecular weight is 428 g/mol. The van der Waals surface area contributed by atoms with E-state index < -0.39 is 11.7 Å². The van der Waals surface area contributed by atoms with Crippen LogP contribution in [0, 0.1) is 0 Å². The van der Waals surface area contributed by atoms with Crippen molar-refractivity contribution >= 4 is 40.2 Å². The van der Waals surface area contributed by atoms with Crippen molar-refractivity contribution < 1.29 is 14.3 Å². The zero-order chi connectivity index (χ0) is 22.1. The number of fused-ring (bicyclic) bond motifs is 1. The molecule has 6 nitrogen and oxygen atoms in total. The van der Waals surface area contributed by atoms with E-state index in [0.29, 0.717) is 22.9 Å². The molecule has 0 aliphatic carbocycles. The van der Waals surface area contributed by atoms with Crippen molar-refractivity contribution in [1.82, 2.24) is 9.47 Å². The minimum absolute atomic E-state index is 0.295. The SMILES string of the molecule is CN(Cc1cccc(NC(=O)c2c(Cl)c3ccccc3n2C)c1)C(=O)OC(C)(C)C. The summed E-state index contributed by atoms with van der Waals surface area (Å²) < 4.78 is 7.16. The summed E-state index contributed by atoms with van der Waals surface area (Å²) in [6.45, 7) is 5.83. The van der Waals surface area contributed by atoms with Crippen molar-refractivity contribution in [3.05, 3.63) is 64.8 Å². The van der Waals surface area contributed by atoms with E-state index in [1.165, 1.54) is 4.90 Å². The monoisotopic (exact) mass is 427 g/mol. The molecule has 2 amide bonds. The molecule has 1 aromatic heterocycles. The van der Waals surface area contributed by atoms with E-state index in [-0.39, 0.29) is 5.91 Å². The van der Waals surface area contributed by atoms with Crippen molar-refractivity contribution in [3.8, 4) is 0 Å². The van der Waals surface area contributed by atoms with Gasteiger partial charge in [0.05, 0.1) is 5.02 Å². The van der Waals surface area contributed by atoms with Crippen LogP contribution in [0.4, 0.5) is 10.5 Å². The molecule has 3 rings (SSSR count). The number of carbonyl (C=O) groups is 2. The zero-order valence-corrected chi connectivity index (χ0v) is 18.6. The van der Waals surface area contributed by atoms with Gasteiger partial charge in [0.2, 0.25) is 0 Å². The predicted molar refractivity (Wildman–Crippen MR) is 120 cm³/mol. The van der Waals surface area contributed by atoms with E-state index in [0.717, 1.165) is 16.5 Å². The van der Waals surface area contributed by atoms with Crippen molar-refractivity contribution in [1.29, 1.82) is 0 Å². The summed E-state index contributed by atoms with van der Waals surface area (Å²) in [4.78, 5) is 26.6. The number of ether oxygens (including phenoxy) is 1. The first-order valence-corrected chi connectivity index (χ1v) is 10.0. The third-order valence-electron chi connectivity index (χ3n) is 4.57. The number of anilines is 1. The molecule has 1 N–H and O–H groups in total. The summed E-state index contributed by atoms with van der Waals surface area (Å²) in [5.41, 5.74) is 2.22. The van der Waals surface area contributed by atoms with Crippen LogP contribution in [0.5, 0.6) is 0 Å². The van der Waals surface area contributed by atoms with Crippen molar-refractivity contribution in [3.63, 3.8) is 0 Å². The first kappa shape index (κ1) is 21.7. The van der Waals surface area contributed by atoms with Gasteiger partial charge in [-0.3, -0.25) is 4.79 Å². The molecule has 0 radical (unpaired) electrons. The quantitative estimate of drug-likeness (QED) is 0.602. The third kappa shape index (κ3) is 4.76. The number of hydrogen-bond donors (Lipinski definition) is 1. The molecule has 0 aliphatic heterocycles. The number of aryl methyl sites for hydroxylation is 1. The lowest BCUT2D eigenvalue weighted by Crippen LogP contribution is -2.33. The van der Waals surface area contributed by atoms with E-state index in [2.05, 4.69) is 5.32 Å². The van der Waals surface area contributed by atoms with Gasteiger partial charge >= 0.3 is 6.09 Å². The summed E-state index contributed by atoms with van der Waals surface area (Å²) in [5, 5.41) is 4.16. The van der Waals surface area contributed by atoms with Gasteiger partial charge in [0, 0.05) is 37.2 Å². The van der Waals surface area contributed by atoms with E-state index in [4.69, 9.17) is 16.3 Å². The van der Waals surface area contributed by atoms with E-state index in [1.807, 2.05) is 70.3 Å². The van der Waals surface area contributed by atoms with E-state index in [1.54, 1.807) is 17.7 Å². The Bertz CT molecular complexity index is 1060. The molecular weight excluding hydrogens is 402 g/mol. The highest BCUT2D eigenvalue weighted by atomic mass is 35.5. The molecule has 0 saturated heterocycles. The fourth-order valence-electron chi connectivity index (χ4n) is 3.21. The summed E-state index contributed by atoms with van der Waals surface area (Å²) in [7, 11) is 3.49. The fourth-order valence-corrected chi connectivity index (χ4v) is 3.59. The van der Waals surface area contributed by atoms with Crippen LogP contribution in [0.25, 0.3) is 10.9 Å². The minimum Gasteiger partial charge on any atom is -0.444 e. The van der Waals surface area contributed by atoms with Gasteiger partial charge in [-0.15, -0.1) is 0 Å². The van der Waals surface area contributed by atoms with Gasteiger partial charge in [-0.1, -0.05) is 41.9 Å². The van der Waals surface area contributed by atoms with Crippen LogP contribution in [0.3, 0.4) is 0 Å². The molecule has 0 spiro atoms. The van der Waals surface area contributed by atoms with Crippen LogP contribution in [0.1, 0.15) is 36.8 Å². The smallest absolute Gasteiger partial charge is 0.410 e. The second-order valence-electron chi connectivity index (χ2n) is 8.23. The Morgan fingerprint density at radius 2 is 1.83 bits per heavy atom. The standard InChI is InChI=1S/C23H26ClN3O3/c1-23(2,3)30-22(29)26(4)14-15-9-8-10-16(13-15)25-21(28)20-19(24)17-11-6-7-12-18(17)27(20)5/h6-13H,14H2,1-5H3,(H,25,28). The molecule has 2 aromatic carbocycles. The van der Waals surface area contributed by atoms with Crippen LogP contribution in [-0.4, -0.2) is 34.1 Å². The van der Waals surface area contributed by atoms with Gasteiger partial charge < -0.3 is 19.5 Å². The van der Waals surface area contributed by atoms with Crippen molar-refractivity contribution in [2.24, 2.45) is 7.05 Å². The summed E-state index contributed by atoms with van der Waals surface area (Å²) >= 11 is 6.47. The van der Waals surface area contributed by atoms with Gasteiger partial charge in [-0.25, -0.2) is 4.79 Å². The topological polar surface area (TPSA) is 63.6 Å². The second kappa shape index (κ2) is 8.40. The summed E-state index contributed by atoms with van der Waals surface area (Å²) in [6.07, 6.45) is -0.403. The molecular formula is C23H26ClN3O3. The molecule has 0 atom stereocenters. The Balaban J connectivity index is 1.76. The van der Waals surface area contributed by atoms with Gasteiger partial charge in [0.25, 0.3) is 5.91 Å². The lowest BCUT2D eigenvalue weighted by atomic mass is 10.2. The van der Waals surface area contributed by atoms with Gasteiger partial charge in [-0.05, 0) is 44.5 Å². The summed E-state index contributed by atoms with van der Waals surface area (Å²) in [5.74, 6) is -0.295. The number of nitrogens with zero attached hydrogens (tertiary/aromatic N) is 2. The Morgan fingerprint density at radius 1 is 1.13 bits per heavy atom. The number of para-hydroxylation sites is 1. The molecule has 0 bridgehead atoms. The maximum absolute atomic E-state index is 12.9. The molecule has 0 fully saturated rings. The Labute approximate surface area is 181 Å². The van der Waals surface area contributed by atoms with E-state index in [9.17, 15) is 9.59 Å².